The molecule has 2 aliphatic heterocycles. The molecule has 0 bridgehead atoms. The molecule has 0 aliphatic carbocycles. The van der Waals surface area contributed by atoms with Crippen molar-refractivity contribution in [1.29, 1.82) is 0 Å². The zero-order valence-electron chi connectivity index (χ0n) is 15.9. The number of hydrogen-bond acceptors (Lipinski definition) is 4. The summed E-state index contributed by atoms with van der Waals surface area (Å²) in [5.74, 6) is -0.117. The van der Waals surface area contributed by atoms with Crippen LogP contribution in [0.25, 0.3) is 0 Å². The van der Waals surface area contributed by atoms with Gasteiger partial charge in [-0.05, 0) is 61.3 Å². The van der Waals surface area contributed by atoms with Crippen molar-refractivity contribution in [2.75, 3.05) is 4.43 Å². The van der Waals surface area contributed by atoms with E-state index in [0.29, 0.717) is 6.42 Å². The molecule has 0 aromatic rings. The number of piperidine rings is 1. The van der Waals surface area contributed by atoms with Gasteiger partial charge < -0.3 is 9.47 Å². The number of carbonyl (C=O) groups excluding carboxylic acids is 2. The average molecular weight is 451 g/mol. The minimum absolute atomic E-state index is 0.0788. The van der Waals surface area contributed by atoms with Crippen molar-refractivity contribution in [2.45, 2.75) is 90.5 Å². The van der Waals surface area contributed by atoms with Crippen LogP contribution in [-0.2, 0) is 14.3 Å². The number of nitrogens with zero attached hydrogens (tertiary/aromatic N) is 1. The molecule has 2 heterocycles. The second-order valence-corrected chi connectivity index (χ2v) is 10.3. The summed E-state index contributed by atoms with van der Waals surface area (Å²) in [6, 6.07) is 0. The number of carbonyl (C=O) groups is 2. The Hall–Kier alpha value is -0.530. The van der Waals surface area contributed by atoms with Crippen LogP contribution in [0.1, 0.15) is 67.7 Å². The van der Waals surface area contributed by atoms with Crippen molar-refractivity contribution in [3.63, 3.8) is 0 Å². The average Bonchev–Trinajstić information content (AvgIpc) is 2.57. The van der Waals surface area contributed by atoms with E-state index in [0.717, 1.165) is 17.3 Å². The van der Waals surface area contributed by atoms with Gasteiger partial charge in [-0.3, -0.25) is 9.69 Å². The molecule has 2 aliphatic rings. The number of hydrogen-bond donors (Lipinski definition) is 0. The van der Waals surface area contributed by atoms with E-state index in [9.17, 15) is 9.59 Å². The van der Waals surface area contributed by atoms with Crippen LogP contribution in [0.3, 0.4) is 0 Å². The van der Waals surface area contributed by atoms with Crippen LogP contribution in [0.15, 0.2) is 0 Å². The molecule has 1 unspecified atom stereocenters. The molecule has 1 spiro atoms. The molecule has 1 atom stereocenters. The minimum atomic E-state index is -0.532. The van der Waals surface area contributed by atoms with Crippen molar-refractivity contribution in [3.8, 4) is 0 Å². The van der Waals surface area contributed by atoms with E-state index >= 15 is 0 Å². The normalized spacial score (nSPS) is 27.9. The standard InChI is InChI=1S/C18H30INO4/c1-15(2,3)24-14(22)20-16(4,5)10-18(11-17(20,6)7)8-13(21)23-12(18)9-19/h12H,8-11H2,1-7H3. The maximum absolute atomic E-state index is 12.9. The Balaban J connectivity index is 2.36. The van der Waals surface area contributed by atoms with Gasteiger partial charge in [-0.2, -0.15) is 0 Å². The minimum Gasteiger partial charge on any atom is -0.461 e. The summed E-state index contributed by atoms with van der Waals surface area (Å²) < 4.78 is 12.0. The first-order valence-electron chi connectivity index (χ1n) is 8.51. The van der Waals surface area contributed by atoms with Crippen molar-refractivity contribution >= 4 is 34.7 Å². The summed E-state index contributed by atoms with van der Waals surface area (Å²) in [5.41, 5.74) is -1.57. The predicted octanol–water partition coefficient (Wildman–Crippen LogP) is 4.31. The van der Waals surface area contributed by atoms with Crippen molar-refractivity contribution < 1.29 is 19.1 Å². The molecule has 0 radical (unpaired) electrons. The van der Waals surface area contributed by atoms with Gasteiger partial charge in [0.25, 0.3) is 0 Å². The molecule has 138 valence electrons. The lowest BCUT2D eigenvalue weighted by Gasteiger charge is -2.58. The van der Waals surface area contributed by atoms with Crippen LogP contribution in [-0.4, -0.2) is 44.2 Å². The van der Waals surface area contributed by atoms with Gasteiger partial charge in [0.15, 0.2) is 0 Å². The van der Waals surface area contributed by atoms with Crippen LogP contribution >= 0.6 is 22.6 Å². The monoisotopic (exact) mass is 451 g/mol. The van der Waals surface area contributed by atoms with Gasteiger partial charge in [0, 0.05) is 20.9 Å². The molecular weight excluding hydrogens is 421 g/mol. The number of esters is 1. The van der Waals surface area contributed by atoms with Gasteiger partial charge in [-0.25, -0.2) is 4.79 Å². The highest BCUT2D eigenvalue weighted by atomic mass is 127. The Labute approximate surface area is 159 Å². The first-order valence-corrected chi connectivity index (χ1v) is 10.0. The van der Waals surface area contributed by atoms with E-state index in [-0.39, 0.29) is 23.6 Å². The molecule has 24 heavy (non-hydrogen) atoms. The molecule has 2 saturated heterocycles. The quantitative estimate of drug-likeness (QED) is 0.339. The van der Waals surface area contributed by atoms with Crippen molar-refractivity contribution in [1.82, 2.24) is 4.90 Å². The Morgan fingerprint density at radius 2 is 1.75 bits per heavy atom. The maximum atomic E-state index is 12.9. The van der Waals surface area contributed by atoms with E-state index in [4.69, 9.17) is 9.47 Å². The largest absolute Gasteiger partial charge is 0.461 e. The molecule has 0 aromatic heterocycles. The number of cyclic esters (lactones) is 1. The van der Waals surface area contributed by atoms with Gasteiger partial charge in [0.05, 0.1) is 6.42 Å². The highest BCUT2D eigenvalue weighted by molar-refractivity contribution is 14.1. The fourth-order valence-electron chi connectivity index (χ4n) is 4.84. The number of alkyl halides is 1. The summed E-state index contributed by atoms with van der Waals surface area (Å²) >= 11 is 2.29. The third kappa shape index (κ3) is 3.68. The lowest BCUT2D eigenvalue weighted by molar-refractivity contribution is -0.141. The molecule has 5 nitrogen and oxygen atoms in total. The topological polar surface area (TPSA) is 55.8 Å². The number of likely N-dealkylation sites (tertiary alicyclic amines) is 1. The fourth-order valence-corrected chi connectivity index (χ4v) is 5.95. The van der Waals surface area contributed by atoms with E-state index in [1.165, 1.54) is 0 Å². The number of rotatable bonds is 1. The van der Waals surface area contributed by atoms with Crippen molar-refractivity contribution in [2.24, 2.45) is 5.41 Å². The van der Waals surface area contributed by atoms with E-state index in [1.54, 1.807) is 0 Å². The Kier molecular flexibility index (Phi) is 4.97. The van der Waals surface area contributed by atoms with Gasteiger partial charge >= 0.3 is 12.1 Å². The van der Waals surface area contributed by atoms with Crippen LogP contribution < -0.4 is 0 Å². The number of ether oxygens (including phenoxy) is 2. The molecule has 2 fully saturated rings. The highest BCUT2D eigenvalue weighted by Crippen LogP contribution is 2.55. The van der Waals surface area contributed by atoms with Gasteiger partial charge in [-0.15, -0.1) is 0 Å². The second-order valence-electron chi connectivity index (χ2n) is 9.47. The number of amides is 1. The summed E-state index contributed by atoms with van der Waals surface area (Å²) in [6.07, 6.45) is 1.55. The predicted molar refractivity (Wildman–Crippen MR) is 101 cm³/mol. The fraction of sp³-hybridized carbons (Fsp3) is 0.889. The first kappa shape index (κ1) is 19.8. The molecule has 2 rings (SSSR count). The SMILES string of the molecule is CC(C)(C)OC(=O)N1C(C)(C)CC2(CC(=O)OC2CI)CC1(C)C. The molecule has 6 heteroatoms. The lowest BCUT2D eigenvalue weighted by Crippen LogP contribution is -2.67. The lowest BCUT2D eigenvalue weighted by atomic mass is 9.61. The third-order valence-corrected chi connectivity index (χ3v) is 5.75. The van der Waals surface area contributed by atoms with Gasteiger partial charge in [0.2, 0.25) is 0 Å². The summed E-state index contributed by atoms with van der Waals surface area (Å²) in [5, 5.41) is 0. The van der Waals surface area contributed by atoms with E-state index < -0.39 is 16.7 Å². The molecule has 1 amide bonds. The highest BCUT2D eigenvalue weighted by Gasteiger charge is 2.61. The van der Waals surface area contributed by atoms with Crippen LogP contribution in [0.4, 0.5) is 4.79 Å². The van der Waals surface area contributed by atoms with Crippen LogP contribution in [0.2, 0.25) is 0 Å². The van der Waals surface area contributed by atoms with Gasteiger partial charge in [-0.1, -0.05) is 22.6 Å². The van der Waals surface area contributed by atoms with E-state index in [2.05, 4.69) is 50.3 Å². The third-order valence-electron chi connectivity index (χ3n) is 4.95. The summed E-state index contributed by atoms with van der Waals surface area (Å²) in [4.78, 5) is 26.7. The zero-order chi connectivity index (χ0) is 18.6. The second kappa shape index (κ2) is 6.02. The summed E-state index contributed by atoms with van der Waals surface area (Å²) in [7, 11) is 0. The molecular formula is C18H30INO4. The number of halogens is 1. The molecule has 0 N–H and O–H groups in total. The van der Waals surface area contributed by atoms with Crippen LogP contribution in [0.5, 0.6) is 0 Å². The first-order chi connectivity index (χ1) is 10.7. The van der Waals surface area contributed by atoms with Gasteiger partial charge in [0.1, 0.15) is 11.7 Å². The smallest absolute Gasteiger partial charge is 0.411 e. The molecule has 0 saturated carbocycles. The summed E-state index contributed by atoms with van der Waals surface area (Å²) in [6.45, 7) is 13.9. The maximum Gasteiger partial charge on any atom is 0.411 e. The Morgan fingerprint density at radius 3 is 2.17 bits per heavy atom. The van der Waals surface area contributed by atoms with Crippen LogP contribution in [0, 0.1) is 5.41 Å². The molecule has 0 aromatic carbocycles. The van der Waals surface area contributed by atoms with E-state index in [1.807, 2.05) is 25.7 Å². The zero-order valence-corrected chi connectivity index (χ0v) is 18.0. The van der Waals surface area contributed by atoms with Crippen molar-refractivity contribution in [3.05, 3.63) is 0 Å². The Bertz CT molecular complexity index is 518. The Morgan fingerprint density at radius 1 is 1.25 bits per heavy atom.